The zero-order chi connectivity index (χ0) is 10.7. The van der Waals surface area contributed by atoms with E-state index in [9.17, 15) is 0 Å². The highest BCUT2D eigenvalue weighted by atomic mass is 15.1. The highest BCUT2D eigenvalue weighted by Gasteiger charge is 2.03. The number of benzene rings is 1. The van der Waals surface area contributed by atoms with E-state index < -0.39 is 0 Å². The molecule has 2 rings (SSSR count). The van der Waals surface area contributed by atoms with Crippen LogP contribution in [0.2, 0.25) is 0 Å². The van der Waals surface area contributed by atoms with Crippen molar-refractivity contribution in [2.45, 2.75) is 13.3 Å². The van der Waals surface area contributed by atoms with Crippen molar-refractivity contribution in [1.82, 2.24) is 9.97 Å². The van der Waals surface area contributed by atoms with E-state index in [1.165, 1.54) is 0 Å². The van der Waals surface area contributed by atoms with Gasteiger partial charge in [0.25, 0.3) is 0 Å². The van der Waals surface area contributed by atoms with Gasteiger partial charge in [0.2, 0.25) is 0 Å². The number of anilines is 2. The van der Waals surface area contributed by atoms with E-state index in [1.54, 1.807) is 0 Å². The van der Waals surface area contributed by atoms with Gasteiger partial charge in [-0.15, -0.1) is 0 Å². The van der Waals surface area contributed by atoms with Crippen molar-refractivity contribution in [2.75, 3.05) is 17.6 Å². The zero-order valence-electron chi connectivity index (χ0n) is 8.70. The van der Waals surface area contributed by atoms with Crippen molar-refractivity contribution < 1.29 is 0 Å². The molecule has 15 heavy (non-hydrogen) atoms. The van der Waals surface area contributed by atoms with Gasteiger partial charge in [0.05, 0.1) is 11.0 Å². The number of nitrogens with two attached hydrogens (primary N) is 1. The molecule has 0 unspecified atom stereocenters. The van der Waals surface area contributed by atoms with Crippen molar-refractivity contribution in [2.24, 2.45) is 0 Å². The van der Waals surface area contributed by atoms with Gasteiger partial charge in [0.1, 0.15) is 0 Å². The molecule has 0 aliphatic carbocycles. The number of fused-ring (bicyclic) bond motifs is 1. The molecule has 0 spiro atoms. The Hall–Kier alpha value is -1.84. The molecule has 0 aliphatic rings. The number of para-hydroxylation sites is 2. The van der Waals surface area contributed by atoms with Gasteiger partial charge < -0.3 is 11.1 Å². The number of nitrogens with zero attached hydrogens (tertiary/aromatic N) is 2. The summed E-state index contributed by atoms with van der Waals surface area (Å²) < 4.78 is 0. The van der Waals surface area contributed by atoms with Crippen LogP contribution in [0.1, 0.15) is 13.3 Å². The summed E-state index contributed by atoms with van der Waals surface area (Å²) in [5, 5.41) is 3.16. The fourth-order valence-corrected chi connectivity index (χ4v) is 1.39. The van der Waals surface area contributed by atoms with Gasteiger partial charge >= 0.3 is 0 Å². The molecular weight excluding hydrogens is 188 g/mol. The van der Waals surface area contributed by atoms with Gasteiger partial charge in [0.15, 0.2) is 11.6 Å². The Morgan fingerprint density at radius 3 is 2.53 bits per heavy atom. The number of aromatic nitrogens is 2. The molecule has 1 aromatic carbocycles. The van der Waals surface area contributed by atoms with E-state index in [0.717, 1.165) is 24.0 Å². The maximum absolute atomic E-state index is 5.79. The zero-order valence-corrected chi connectivity index (χ0v) is 8.70. The van der Waals surface area contributed by atoms with Crippen LogP contribution in [-0.4, -0.2) is 16.5 Å². The van der Waals surface area contributed by atoms with Crippen LogP contribution in [-0.2, 0) is 0 Å². The fourth-order valence-electron chi connectivity index (χ4n) is 1.39. The predicted octanol–water partition coefficient (Wildman–Crippen LogP) is 2.03. The van der Waals surface area contributed by atoms with Crippen molar-refractivity contribution in [1.29, 1.82) is 0 Å². The van der Waals surface area contributed by atoms with Crippen LogP contribution in [0.15, 0.2) is 24.3 Å². The Morgan fingerprint density at radius 2 is 1.87 bits per heavy atom. The average Bonchev–Trinajstić information content (AvgIpc) is 2.26. The molecule has 0 atom stereocenters. The van der Waals surface area contributed by atoms with Crippen LogP contribution < -0.4 is 11.1 Å². The molecule has 1 aromatic heterocycles. The smallest absolute Gasteiger partial charge is 0.169 e. The molecule has 0 amide bonds. The summed E-state index contributed by atoms with van der Waals surface area (Å²) in [5.74, 6) is 1.14. The Balaban J connectivity index is 2.43. The minimum absolute atomic E-state index is 0.460. The third-order valence-electron chi connectivity index (χ3n) is 2.14. The summed E-state index contributed by atoms with van der Waals surface area (Å²) in [5.41, 5.74) is 7.49. The monoisotopic (exact) mass is 202 g/mol. The first-order chi connectivity index (χ1) is 7.31. The van der Waals surface area contributed by atoms with E-state index in [2.05, 4.69) is 22.2 Å². The van der Waals surface area contributed by atoms with Crippen molar-refractivity contribution in [3.8, 4) is 0 Å². The van der Waals surface area contributed by atoms with Crippen LogP contribution >= 0.6 is 0 Å². The first kappa shape index (κ1) is 9.71. The van der Waals surface area contributed by atoms with E-state index in [-0.39, 0.29) is 0 Å². The molecule has 1 heterocycles. The minimum Gasteiger partial charge on any atom is -0.381 e. The lowest BCUT2D eigenvalue weighted by Gasteiger charge is -2.07. The summed E-state index contributed by atoms with van der Waals surface area (Å²) in [6.07, 6.45) is 1.04. The standard InChI is InChI=1S/C11H14N4/c1-2-7-13-11-10(12)14-8-5-3-4-6-9(8)15-11/h3-6H,2,7H2,1H3,(H2,12,14)(H,13,15). The van der Waals surface area contributed by atoms with E-state index in [1.807, 2.05) is 24.3 Å². The molecule has 4 nitrogen and oxygen atoms in total. The number of hydrogen-bond acceptors (Lipinski definition) is 4. The summed E-state index contributed by atoms with van der Waals surface area (Å²) in [4.78, 5) is 8.69. The lowest BCUT2D eigenvalue weighted by molar-refractivity contribution is 0.970. The average molecular weight is 202 g/mol. The van der Waals surface area contributed by atoms with E-state index >= 15 is 0 Å². The normalized spacial score (nSPS) is 10.5. The van der Waals surface area contributed by atoms with E-state index in [4.69, 9.17) is 5.73 Å². The maximum Gasteiger partial charge on any atom is 0.169 e. The first-order valence-electron chi connectivity index (χ1n) is 5.07. The SMILES string of the molecule is CCCNc1nc2ccccc2nc1N. The van der Waals surface area contributed by atoms with Gasteiger partial charge in [0, 0.05) is 6.54 Å². The van der Waals surface area contributed by atoms with Crippen LogP contribution in [0.5, 0.6) is 0 Å². The molecule has 0 fully saturated rings. The molecule has 2 aromatic rings. The lowest BCUT2D eigenvalue weighted by Crippen LogP contribution is -2.07. The molecule has 0 aliphatic heterocycles. The van der Waals surface area contributed by atoms with Crippen LogP contribution in [0, 0.1) is 0 Å². The van der Waals surface area contributed by atoms with Gasteiger partial charge in [-0.3, -0.25) is 0 Å². The summed E-state index contributed by atoms with van der Waals surface area (Å²) in [6.45, 7) is 2.95. The van der Waals surface area contributed by atoms with Gasteiger partial charge in [-0.1, -0.05) is 19.1 Å². The second kappa shape index (κ2) is 4.13. The Kier molecular flexibility index (Phi) is 2.67. The summed E-state index contributed by atoms with van der Waals surface area (Å²) in [6, 6.07) is 7.70. The molecular formula is C11H14N4. The molecule has 0 saturated carbocycles. The molecule has 78 valence electrons. The van der Waals surface area contributed by atoms with Crippen LogP contribution in [0.4, 0.5) is 11.6 Å². The van der Waals surface area contributed by atoms with Gasteiger partial charge in [-0.25, -0.2) is 9.97 Å². The highest BCUT2D eigenvalue weighted by molar-refractivity contribution is 5.79. The maximum atomic E-state index is 5.79. The first-order valence-corrected chi connectivity index (χ1v) is 5.07. The Morgan fingerprint density at radius 1 is 1.20 bits per heavy atom. The Bertz CT molecular complexity index is 467. The van der Waals surface area contributed by atoms with Crippen molar-refractivity contribution >= 4 is 22.7 Å². The number of rotatable bonds is 3. The molecule has 3 N–H and O–H groups in total. The minimum atomic E-state index is 0.460. The fraction of sp³-hybridized carbons (Fsp3) is 0.273. The lowest BCUT2D eigenvalue weighted by atomic mass is 10.3. The molecule has 0 radical (unpaired) electrons. The third kappa shape index (κ3) is 1.98. The van der Waals surface area contributed by atoms with Crippen molar-refractivity contribution in [3.63, 3.8) is 0 Å². The van der Waals surface area contributed by atoms with Crippen molar-refractivity contribution in [3.05, 3.63) is 24.3 Å². The number of nitrogens with one attached hydrogen (secondary N) is 1. The number of hydrogen-bond donors (Lipinski definition) is 2. The van der Waals surface area contributed by atoms with E-state index in [0.29, 0.717) is 11.6 Å². The highest BCUT2D eigenvalue weighted by Crippen LogP contribution is 2.17. The summed E-state index contributed by atoms with van der Waals surface area (Å²) >= 11 is 0. The Labute approximate surface area is 88.5 Å². The molecule has 0 saturated heterocycles. The van der Waals surface area contributed by atoms with Gasteiger partial charge in [-0.05, 0) is 18.6 Å². The third-order valence-corrected chi connectivity index (χ3v) is 2.14. The van der Waals surface area contributed by atoms with Gasteiger partial charge in [-0.2, -0.15) is 0 Å². The molecule has 4 heteroatoms. The number of nitrogen functional groups attached to an aromatic ring is 1. The summed E-state index contributed by atoms with van der Waals surface area (Å²) in [7, 11) is 0. The second-order valence-electron chi connectivity index (χ2n) is 3.37. The topological polar surface area (TPSA) is 63.8 Å². The van der Waals surface area contributed by atoms with Crippen LogP contribution in [0.3, 0.4) is 0 Å². The largest absolute Gasteiger partial charge is 0.381 e. The second-order valence-corrected chi connectivity index (χ2v) is 3.37. The predicted molar refractivity (Wildman–Crippen MR) is 62.7 cm³/mol. The molecule has 0 bridgehead atoms. The van der Waals surface area contributed by atoms with Crippen LogP contribution in [0.25, 0.3) is 11.0 Å². The quantitative estimate of drug-likeness (QED) is 0.799.